The molecule has 0 aromatic heterocycles. The van der Waals surface area contributed by atoms with E-state index in [9.17, 15) is 24.3 Å². The van der Waals surface area contributed by atoms with Gasteiger partial charge >= 0.3 is 6.03 Å². The van der Waals surface area contributed by atoms with E-state index in [1.807, 2.05) is 0 Å². The highest BCUT2D eigenvalue weighted by atomic mass is 16.4. The third-order valence-electron chi connectivity index (χ3n) is 3.57. The molecule has 124 valence electrons. The van der Waals surface area contributed by atoms with E-state index in [2.05, 4.69) is 5.32 Å². The van der Waals surface area contributed by atoms with Gasteiger partial charge in [-0.2, -0.15) is 0 Å². The molecule has 4 amide bonds. The second-order valence-corrected chi connectivity index (χ2v) is 5.20. The van der Waals surface area contributed by atoms with Crippen LogP contribution < -0.4 is 15.3 Å². The topological polar surface area (TPSA) is 107 Å². The van der Waals surface area contributed by atoms with Crippen molar-refractivity contribution >= 4 is 35.6 Å². The van der Waals surface area contributed by atoms with Gasteiger partial charge in [-0.3, -0.25) is 14.9 Å². The average Bonchev–Trinajstić information content (AvgIpc) is 2.60. The number of para-hydroxylation sites is 1. The number of urea groups is 1. The van der Waals surface area contributed by atoms with Gasteiger partial charge in [0.2, 0.25) is 0 Å². The smallest absolute Gasteiger partial charge is 0.335 e. The van der Waals surface area contributed by atoms with Crippen molar-refractivity contribution in [3.8, 4) is 0 Å². The van der Waals surface area contributed by atoms with E-state index in [0.717, 1.165) is 4.90 Å². The standard InChI is InChI=1S/C18H12N2O5/c21-15-14(10-11-6-8-12(9-7-11)17(23)24)16(22)20(18(25)19-15)13-4-2-1-3-5-13/h1-10H,(H,23,24)(H,19,21,25)/p-1/b14-10+. The van der Waals surface area contributed by atoms with Crippen LogP contribution in [0.15, 0.2) is 60.2 Å². The summed E-state index contributed by atoms with van der Waals surface area (Å²) in [5.74, 6) is -2.90. The molecule has 1 aliphatic heterocycles. The Kier molecular flexibility index (Phi) is 4.13. The van der Waals surface area contributed by atoms with Crippen molar-refractivity contribution in [3.05, 3.63) is 71.3 Å². The van der Waals surface area contributed by atoms with Crippen molar-refractivity contribution in [2.24, 2.45) is 0 Å². The number of imide groups is 2. The average molecular weight is 335 g/mol. The minimum absolute atomic E-state index is 0.0253. The molecule has 1 saturated heterocycles. The number of hydrogen-bond donors (Lipinski definition) is 1. The minimum Gasteiger partial charge on any atom is -0.545 e. The molecule has 25 heavy (non-hydrogen) atoms. The van der Waals surface area contributed by atoms with Crippen LogP contribution in [0.25, 0.3) is 6.08 Å². The van der Waals surface area contributed by atoms with Crippen LogP contribution in [0, 0.1) is 0 Å². The van der Waals surface area contributed by atoms with Gasteiger partial charge in [-0.05, 0) is 29.3 Å². The summed E-state index contributed by atoms with van der Waals surface area (Å²) in [7, 11) is 0. The number of nitrogens with one attached hydrogen (secondary N) is 1. The zero-order valence-electron chi connectivity index (χ0n) is 12.8. The van der Waals surface area contributed by atoms with Crippen molar-refractivity contribution in [2.75, 3.05) is 4.90 Å². The minimum atomic E-state index is -1.33. The molecule has 7 nitrogen and oxygen atoms in total. The highest BCUT2D eigenvalue weighted by molar-refractivity contribution is 6.39. The van der Waals surface area contributed by atoms with Crippen molar-refractivity contribution in [3.63, 3.8) is 0 Å². The van der Waals surface area contributed by atoms with Gasteiger partial charge in [-0.1, -0.05) is 42.5 Å². The maximum atomic E-state index is 12.6. The van der Waals surface area contributed by atoms with Crippen LogP contribution in [0.2, 0.25) is 0 Å². The molecule has 0 radical (unpaired) electrons. The SMILES string of the molecule is O=C1NC(=O)N(c2ccccc2)C(=O)/C1=C/c1ccc(C(=O)[O-])cc1. The molecule has 2 aromatic rings. The normalized spacial score (nSPS) is 16.1. The van der Waals surface area contributed by atoms with Gasteiger partial charge in [0, 0.05) is 0 Å². The van der Waals surface area contributed by atoms with Crippen molar-refractivity contribution in [1.82, 2.24) is 5.32 Å². The molecule has 0 spiro atoms. The van der Waals surface area contributed by atoms with Gasteiger partial charge in [-0.25, -0.2) is 9.69 Å². The second kappa shape index (κ2) is 6.40. The lowest BCUT2D eigenvalue weighted by molar-refractivity contribution is -0.255. The quantitative estimate of drug-likeness (QED) is 0.657. The summed E-state index contributed by atoms with van der Waals surface area (Å²) < 4.78 is 0. The van der Waals surface area contributed by atoms with Crippen molar-refractivity contribution in [1.29, 1.82) is 0 Å². The first-order valence-electron chi connectivity index (χ1n) is 7.25. The first-order chi connectivity index (χ1) is 12.0. The Hall–Kier alpha value is -3.74. The molecule has 1 fully saturated rings. The van der Waals surface area contributed by atoms with Gasteiger partial charge in [0.05, 0.1) is 11.7 Å². The van der Waals surface area contributed by atoms with Crippen molar-refractivity contribution < 1.29 is 24.3 Å². The van der Waals surface area contributed by atoms with Crippen molar-refractivity contribution in [2.45, 2.75) is 0 Å². The third kappa shape index (κ3) is 3.16. The lowest BCUT2D eigenvalue weighted by Crippen LogP contribution is -2.54. The zero-order valence-corrected chi connectivity index (χ0v) is 12.8. The lowest BCUT2D eigenvalue weighted by Gasteiger charge is -2.26. The number of nitrogens with zero attached hydrogens (tertiary/aromatic N) is 1. The number of barbiturate groups is 1. The number of amides is 4. The molecule has 7 heteroatoms. The highest BCUT2D eigenvalue weighted by Gasteiger charge is 2.36. The number of aromatic carboxylic acids is 1. The summed E-state index contributed by atoms with van der Waals surface area (Å²) in [5.41, 5.74) is 0.508. The van der Waals surface area contributed by atoms with Crippen LogP contribution in [-0.4, -0.2) is 23.8 Å². The first-order valence-corrected chi connectivity index (χ1v) is 7.25. The molecule has 1 aliphatic rings. The number of rotatable bonds is 3. The number of carboxylic acid groups (broad SMARTS) is 1. The van der Waals surface area contributed by atoms with E-state index >= 15 is 0 Å². The zero-order chi connectivity index (χ0) is 18.0. The van der Waals surface area contributed by atoms with Gasteiger partial charge in [0.15, 0.2) is 0 Å². The van der Waals surface area contributed by atoms with E-state index in [1.165, 1.54) is 30.3 Å². The molecule has 2 aromatic carbocycles. The number of carbonyl (C=O) groups is 4. The van der Waals surface area contributed by atoms with Gasteiger partial charge in [0.1, 0.15) is 5.57 Å². The Labute approximate surface area is 142 Å². The summed E-state index contributed by atoms with van der Waals surface area (Å²) in [6.45, 7) is 0. The van der Waals surface area contributed by atoms with Crippen LogP contribution >= 0.6 is 0 Å². The molecule has 0 bridgehead atoms. The van der Waals surface area contributed by atoms with E-state index < -0.39 is 23.8 Å². The number of anilines is 1. The van der Waals surface area contributed by atoms with Crippen LogP contribution in [-0.2, 0) is 9.59 Å². The maximum Gasteiger partial charge on any atom is 0.335 e. The molecule has 0 atom stereocenters. The lowest BCUT2D eigenvalue weighted by atomic mass is 10.1. The predicted molar refractivity (Wildman–Crippen MR) is 86.2 cm³/mol. The Morgan fingerprint density at radius 1 is 0.960 bits per heavy atom. The summed E-state index contributed by atoms with van der Waals surface area (Å²) >= 11 is 0. The Morgan fingerprint density at radius 3 is 2.20 bits per heavy atom. The molecular formula is C18H11N2O5-. The molecule has 0 aliphatic carbocycles. The van der Waals surface area contributed by atoms with Gasteiger partial charge in [-0.15, -0.1) is 0 Å². The Morgan fingerprint density at radius 2 is 1.60 bits per heavy atom. The van der Waals surface area contributed by atoms with Crippen LogP contribution in [0.3, 0.4) is 0 Å². The fourth-order valence-corrected chi connectivity index (χ4v) is 2.35. The van der Waals surface area contributed by atoms with Crippen LogP contribution in [0.1, 0.15) is 15.9 Å². The molecular weight excluding hydrogens is 324 g/mol. The van der Waals surface area contributed by atoms with E-state index in [-0.39, 0.29) is 11.1 Å². The summed E-state index contributed by atoms with van der Waals surface area (Å²) in [5, 5.41) is 12.9. The summed E-state index contributed by atoms with van der Waals surface area (Å²) in [4.78, 5) is 48.2. The summed E-state index contributed by atoms with van der Waals surface area (Å²) in [6, 6.07) is 12.8. The number of carboxylic acids is 1. The first kappa shape index (κ1) is 16.1. The second-order valence-electron chi connectivity index (χ2n) is 5.20. The van der Waals surface area contributed by atoms with Crippen LogP contribution in [0.4, 0.5) is 10.5 Å². The third-order valence-corrected chi connectivity index (χ3v) is 3.57. The molecule has 3 rings (SSSR count). The van der Waals surface area contributed by atoms with Gasteiger partial charge in [0.25, 0.3) is 11.8 Å². The van der Waals surface area contributed by atoms with E-state index in [1.54, 1.807) is 30.3 Å². The fourth-order valence-electron chi connectivity index (χ4n) is 2.35. The number of hydrogen-bond acceptors (Lipinski definition) is 5. The van der Waals surface area contributed by atoms with E-state index in [4.69, 9.17) is 0 Å². The summed E-state index contributed by atoms with van der Waals surface area (Å²) in [6.07, 6.45) is 1.29. The number of carbonyl (C=O) groups excluding carboxylic acids is 4. The van der Waals surface area contributed by atoms with E-state index in [0.29, 0.717) is 11.3 Å². The highest BCUT2D eigenvalue weighted by Crippen LogP contribution is 2.21. The molecule has 0 saturated carbocycles. The van der Waals surface area contributed by atoms with Crippen LogP contribution in [0.5, 0.6) is 0 Å². The van der Waals surface area contributed by atoms with Gasteiger partial charge < -0.3 is 9.90 Å². The predicted octanol–water partition coefficient (Wildman–Crippen LogP) is 0.717. The Bertz CT molecular complexity index is 901. The molecule has 1 heterocycles. The largest absolute Gasteiger partial charge is 0.545 e. The molecule has 0 unspecified atom stereocenters. The maximum absolute atomic E-state index is 12.6. The fraction of sp³-hybridized carbons (Fsp3) is 0. The number of benzene rings is 2. The molecule has 1 N–H and O–H groups in total. The Balaban J connectivity index is 1.97. The monoisotopic (exact) mass is 335 g/mol.